The number of carbonyl (C=O) groups is 1. The Hall–Kier alpha value is -2.93. The lowest BCUT2D eigenvalue weighted by atomic mass is 10.2. The van der Waals surface area contributed by atoms with Crippen LogP contribution in [0.2, 0.25) is 5.02 Å². The van der Waals surface area contributed by atoms with Crippen LogP contribution in [0.5, 0.6) is 23.0 Å². The second-order valence-electron chi connectivity index (χ2n) is 4.45. The molecule has 8 heteroatoms. The zero-order chi connectivity index (χ0) is 17.0. The lowest BCUT2D eigenvalue weighted by Crippen LogP contribution is -2.17. The number of methoxy groups -OCH3 is 1. The number of nitrogens with one attached hydrogen (secondary N) is 1. The summed E-state index contributed by atoms with van der Waals surface area (Å²) in [6.07, 6.45) is 1.34. The number of aromatic hydroxyl groups is 3. The summed E-state index contributed by atoms with van der Waals surface area (Å²) in [5.41, 5.74) is 2.70. The molecule has 0 aliphatic carbocycles. The van der Waals surface area contributed by atoms with E-state index in [-0.39, 0.29) is 5.56 Å². The van der Waals surface area contributed by atoms with E-state index in [0.29, 0.717) is 16.3 Å². The second kappa shape index (κ2) is 6.89. The molecule has 2 aromatic rings. The number of benzene rings is 2. The van der Waals surface area contributed by atoms with Crippen molar-refractivity contribution in [2.75, 3.05) is 7.11 Å². The molecule has 2 aromatic carbocycles. The maximum Gasteiger partial charge on any atom is 0.271 e. The summed E-state index contributed by atoms with van der Waals surface area (Å²) in [4.78, 5) is 11.9. The normalized spacial score (nSPS) is 10.7. The van der Waals surface area contributed by atoms with Crippen LogP contribution < -0.4 is 10.2 Å². The van der Waals surface area contributed by atoms with E-state index in [1.165, 1.54) is 13.3 Å². The number of amides is 1. The number of carbonyl (C=O) groups excluding carboxylic acids is 1. The second-order valence-corrected chi connectivity index (χ2v) is 4.88. The van der Waals surface area contributed by atoms with Crippen molar-refractivity contribution in [3.8, 4) is 23.0 Å². The Kier molecular flexibility index (Phi) is 4.92. The third-order valence-corrected chi connectivity index (χ3v) is 3.13. The Balaban J connectivity index is 2.14. The third kappa shape index (κ3) is 3.83. The van der Waals surface area contributed by atoms with Crippen LogP contribution in [-0.4, -0.2) is 34.6 Å². The number of rotatable bonds is 4. The maximum absolute atomic E-state index is 11.9. The van der Waals surface area contributed by atoms with E-state index in [1.54, 1.807) is 18.2 Å². The summed E-state index contributed by atoms with van der Waals surface area (Å²) in [7, 11) is 1.49. The minimum atomic E-state index is -0.700. The summed E-state index contributed by atoms with van der Waals surface area (Å²) >= 11 is 5.88. The van der Waals surface area contributed by atoms with Crippen LogP contribution in [0.1, 0.15) is 15.9 Å². The fourth-order valence-corrected chi connectivity index (χ4v) is 1.95. The molecule has 120 valence electrons. The van der Waals surface area contributed by atoms with Gasteiger partial charge in [-0.05, 0) is 30.3 Å². The van der Waals surface area contributed by atoms with Crippen LogP contribution in [0, 0.1) is 0 Å². The summed E-state index contributed by atoms with van der Waals surface area (Å²) in [6, 6.07) is 6.91. The predicted molar refractivity (Wildman–Crippen MR) is 84.5 cm³/mol. The summed E-state index contributed by atoms with van der Waals surface area (Å²) in [5.74, 6) is -2.10. The van der Waals surface area contributed by atoms with Gasteiger partial charge in [-0.15, -0.1) is 0 Å². The number of phenolic OH excluding ortho intramolecular Hbond substituents is 3. The molecule has 0 saturated carbocycles. The van der Waals surface area contributed by atoms with Crippen molar-refractivity contribution in [3.05, 3.63) is 46.5 Å². The molecule has 2 rings (SSSR count). The number of hydrogen-bond acceptors (Lipinski definition) is 6. The van der Waals surface area contributed by atoms with Gasteiger partial charge < -0.3 is 20.1 Å². The van der Waals surface area contributed by atoms with Crippen LogP contribution in [0.25, 0.3) is 0 Å². The molecule has 0 heterocycles. The van der Waals surface area contributed by atoms with E-state index in [4.69, 9.17) is 16.3 Å². The van der Waals surface area contributed by atoms with E-state index < -0.39 is 23.2 Å². The van der Waals surface area contributed by atoms with Crippen LogP contribution in [0.4, 0.5) is 0 Å². The van der Waals surface area contributed by atoms with E-state index in [0.717, 1.165) is 12.1 Å². The quantitative estimate of drug-likeness (QED) is 0.388. The molecule has 0 aromatic heterocycles. The van der Waals surface area contributed by atoms with Gasteiger partial charge in [-0.25, -0.2) is 5.43 Å². The highest BCUT2D eigenvalue weighted by Crippen LogP contribution is 2.35. The fourth-order valence-electron chi connectivity index (χ4n) is 1.77. The SMILES string of the molecule is COc1ccc(Cl)cc1/C=N/NC(=O)c1cc(O)c(O)c(O)c1. The van der Waals surface area contributed by atoms with Gasteiger partial charge in [-0.1, -0.05) is 11.6 Å². The highest BCUT2D eigenvalue weighted by molar-refractivity contribution is 6.30. The topological polar surface area (TPSA) is 111 Å². The van der Waals surface area contributed by atoms with Crippen molar-refractivity contribution in [1.82, 2.24) is 5.43 Å². The minimum absolute atomic E-state index is 0.0759. The molecular weight excluding hydrogens is 324 g/mol. The Morgan fingerprint density at radius 3 is 2.48 bits per heavy atom. The van der Waals surface area contributed by atoms with E-state index in [9.17, 15) is 20.1 Å². The van der Waals surface area contributed by atoms with Gasteiger partial charge in [-0.3, -0.25) is 4.79 Å². The molecule has 0 fully saturated rings. The first kappa shape index (κ1) is 16.4. The molecule has 0 saturated heterocycles. The Morgan fingerprint density at radius 1 is 1.22 bits per heavy atom. The average molecular weight is 337 g/mol. The van der Waals surface area contributed by atoms with Gasteiger partial charge in [0.15, 0.2) is 17.2 Å². The van der Waals surface area contributed by atoms with Crippen LogP contribution in [-0.2, 0) is 0 Å². The molecule has 0 atom stereocenters. The summed E-state index contributed by atoms with van der Waals surface area (Å²) in [6.45, 7) is 0. The van der Waals surface area contributed by atoms with Crippen molar-refractivity contribution in [2.24, 2.45) is 5.10 Å². The van der Waals surface area contributed by atoms with Crippen molar-refractivity contribution in [3.63, 3.8) is 0 Å². The molecule has 0 spiro atoms. The first-order valence-electron chi connectivity index (χ1n) is 6.34. The standard InChI is InChI=1S/C15H13ClN2O5/c1-23-13-3-2-10(16)4-9(13)7-17-18-15(22)8-5-11(19)14(21)12(20)6-8/h2-7,19-21H,1H3,(H,18,22)/b17-7+. The summed E-state index contributed by atoms with van der Waals surface area (Å²) in [5, 5.41) is 32.2. The van der Waals surface area contributed by atoms with Crippen molar-refractivity contribution < 1.29 is 24.9 Å². The smallest absolute Gasteiger partial charge is 0.271 e. The molecule has 0 bridgehead atoms. The monoisotopic (exact) mass is 336 g/mol. The van der Waals surface area contributed by atoms with Crippen LogP contribution >= 0.6 is 11.6 Å². The van der Waals surface area contributed by atoms with Crippen molar-refractivity contribution >= 4 is 23.7 Å². The van der Waals surface area contributed by atoms with E-state index in [1.807, 2.05) is 0 Å². The van der Waals surface area contributed by atoms with Gasteiger partial charge in [0.2, 0.25) is 0 Å². The molecule has 0 radical (unpaired) electrons. The molecule has 1 amide bonds. The minimum Gasteiger partial charge on any atom is -0.504 e. The number of hydrogen-bond donors (Lipinski definition) is 4. The lowest BCUT2D eigenvalue weighted by molar-refractivity contribution is 0.0954. The Morgan fingerprint density at radius 2 is 1.87 bits per heavy atom. The lowest BCUT2D eigenvalue weighted by Gasteiger charge is -2.06. The van der Waals surface area contributed by atoms with E-state index in [2.05, 4.69) is 10.5 Å². The number of ether oxygens (including phenoxy) is 1. The highest BCUT2D eigenvalue weighted by Gasteiger charge is 2.13. The van der Waals surface area contributed by atoms with Crippen LogP contribution in [0.15, 0.2) is 35.4 Å². The first-order valence-corrected chi connectivity index (χ1v) is 6.72. The zero-order valence-corrected chi connectivity index (χ0v) is 12.7. The first-order chi connectivity index (χ1) is 10.9. The molecule has 7 nitrogen and oxygen atoms in total. The van der Waals surface area contributed by atoms with Gasteiger partial charge >= 0.3 is 0 Å². The molecule has 0 aliphatic rings. The molecular formula is C15H13ClN2O5. The number of hydrazone groups is 1. The average Bonchev–Trinajstić information content (AvgIpc) is 2.52. The van der Waals surface area contributed by atoms with Gasteiger partial charge in [0.1, 0.15) is 5.75 Å². The molecule has 0 aliphatic heterocycles. The molecule has 23 heavy (non-hydrogen) atoms. The van der Waals surface area contributed by atoms with Gasteiger partial charge in [-0.2, -0.15) is 5.10 Å². The van der Waals surface area contributed by atoms with Crippen molar-refractivity contribution in [2.45, 2.75) is 0 Å². The van der Waals surface area contributed by atoms with Crippen LogP contribution in [0.3, 0.4) is 0 Å². The predicted octanol–water partition coefficient (Wildman–Crippen LogP) is 2.23. The van der Waals surface area contributed by atoms with Gasteiger partial charge in [0, 0.05) is 16.1 Å². The van der Waals surface area contributed by atoms with E-state index >= 15 is 0 Å². The largest absolute Gasteiger partial charge is 0.504 e. The highest BCUT2D eigenvalue weighted by atomic mass is 35.5. The zero-order valence-electron chi connectivity index (χ0n) is 11.9. The molecule has 4 N–H and O–H groups in total. The Bertz CT molecular complexity index is 753. The third-order valence-electron chi connectivity index (χ3n) is 2.89. The van der Waals surface area contributed by atoms with Crippen molar-refractivity contribution in [1.29, 1.82) is 0 Å². The number of nitrogens with zero attached hydrogens (tertiary/aromatic N) is 1. The summed E-state index contributed by atoms with van der Waals surface area (Å²) < 4.78 is 5.13. The Labute approximate surface area is 136 Å². The number of halogens is 1. The maximum atomic E-state index is 11.9. The fraction of sp³-hybridized carbons (Fsp3) is 0.0667. The molecule has 0 unspecified atom stereocenters. The van der Waals surface area contributed by atoms with Gasteiger partial charge in [0.25, 0.3) is 5.91 Å². The number of phenols is 3. The van der Waals surface area contributed by atoms with Gasteiger partial charge in [0.05, 0.1) is 13.3 Å².